The fourth-order valence-electron chi connectivity index (χ4n) is 1.91. The molecular formula is C16H12N2O5. The average molecular weight is 312 g/mol. The van der Waals surface area contributed by atoms with Crippen LogP contribution in [0.15, 0.2) is 48.5 Å². The summed E-state index contributed by atoms with van der Waals surface area (Å²) in [5.41, 5.74) is 5.23. The van der Waals surface area contributed by atoms with Crippen molar-refractivity contribution in [3.63, 3.8) is 0 Å². The SMILES string of the molecule is NC(=O)C(=O)c1ccc(NC(=O)c2ccccc2C(=O)O)cc1. The topological polar surface area (TPSA) is 127 Å². The monoisotopic (exact) mass is 312 g/mol. The number of carbonyl (C=O) groups excluding carboxylic acids is 3. The molecule has 0 heterocycles. The number of hydrogen-bond donors (Lipinski definition) is 3. The minimum Gasteiger partial charge on any atom is -0.478 e. The molecule has 2 aromatic carbocycles. The number of carboxylic acids is 1. The third-order valence-electron chi connectivity index (χ3n) is 3.03. The van der Waals surface area contributed by atoms with E-state index >= 15 is 0 Å². The van der Waals surface area contributed by atoms with E-state index in [9.17, 15) is 19.2 Å². The second-order valence-electron chi connectivity index (χ2n) is 4.58. The normalized spacial score (nSPS) is 9.91. The highest BCUT2D eigenvalue weighted by Crippen LogP contribution is 2.14. The number of carboxylic acid groups (broad SMARTS) is 1. The summed E-state index contributed by atoms with van der Waals surface area (Å²) in [6, 6.07) is 11.3. The van der Waals surface area contributed by atoms with Crippen LogP contribution in [0, 0.1) is 0 Å². The van der Waals surface area contributed by atoms with Crippen molar-refractivity contribution >= 4 is 29.3 Å². The lowest BCUT2D eigenvalue weighted by atomic mass is 10.1. The quantitative estimate of drug-likeness (QED) is 0.566. The van der Waals surface area contributed by atoms with Gasteiger partial charge in [-0.05, 0) is 36.4 Å². The molecule has 2 rings (SSSR count). The molecule has 0 aliphatic carbocycles. The molecule has 0 bridgehead atoms. The van der Waals surface area contributed by atoms with Crippen LogP contribution in [0.25, 0.3) is 0 Å². The lowest BCUT2D eigenvalue weighted by Crippen LogP contribution is -2.23. The van der Waals surface area contributed by atoms with E-state index in [-0.39, 0.29) is 16.7 Å². The van der Waals surface area contributed by atoms with Gasteiger partial charge in [0.25, 0.3) is 11.8 Å². The van der Waals surface area contributed by atoms with Gasteiger partial charge in [-0.1, -0.05) is 12.1 Å². The Morgan fingerprint density at radius 2 is 1.43 bits per heavy atom. The first-order valence-electron chi connectivity index (χ1n) is 6.48. The van der Waals surface area contributed by atoms with Gasteiger partial charge in [0, 0.05) is 11.3 Å². The summed E-state index contributed by atoms with van der Waals surface area (Å²) in [7, 11) is 0. The Morgan fingerprint density at radius 1 is 0.870 bits per heavy atom. The molecule has 0 spiro atoms. The third-order valence-corrected chi connectivity index (χ3v) is 3.03. The molecule has 7 nitrogen and oxygen atoms in total. The fourth-order valence-corrected chi connectivity index (χ4v) is 1.91. The van der Waals surface area contributed by atoms with E-state index < -0.39 is 23.6 Å². The van der Waals surface area contributed by atoms with Gasteiger partial charge in [0.05, 0.1) is 11.1 Å². The van der Waals surface area contributed by atoms with Gasteiger partial charge in [0.1, 0.15) is 0 Å². The van der Waals surface area contributed by atoms with Crippen LogP contribution in [-0.2, 0) is 4.79 Å². The standard InChI is InChI=1S/C16H12N2O5/c17-14(20)13(19)9-5-7-10(8-6-9)18-15(21)11-3-1-2-4-12(11)16(22)23/h1-8H,(H2,17,20)(H,18,21)(H,22,23). The number of nitrogens with two attached hydrogens (primary N) is 1. The van der Waals surface area contributed by atoms with Crippen molar-refractivity contribution in [3.05, 3.63) is 65.2 Å². The highest BCUT2D eigenvalue weighted by Gasteiger charge is 2.16. The Hall–Kier alpha value is -3.48. The average Bonchev–Trinajstić information content (AvgIpc) is 2.54. The number of amides is 2. The number of ketones is 1. The van der Waals surface area contributed by atoms with Crippen molar-refractivity contribution in [2.45, 2.75) is 0 Å². The predicted octanol–water partition coefficient (Wildman–Crippen LogP) is 1.31. The lowest BCUT2D eigenvalue weighted by Gasteiger charge is -2.08. The molecule has 7 heteroatoms. The van der Waals surface area contributed by atoms with E-state index in [1.165, 1.54) is 42.5 Å². The highest BCUT2D eigenvalue weighted by molar-refractivity contribution is 6.42. The van der Waals surface area contributed by atoms with Gasteiger partial charge < -0.3 is 16.2 Å². The van der Waals surface area contributed by atoms with E-state index in [4.69, 9.17) is 10.8 Å². The van der Waals surface area contributed by atoms with Crippen molar-refractivity contribution in [3.8, 4) is 0 Å². The number of benzene rings is 2. The molecule has 116 valence electrons. The summed E-state index contributed by atoms with van der Waals surface area (Å²) in [5, 5.41) is 11.6. The van der Waals surface area contributed by atoms with E-state index in [2.05, 4.69) is 5.32 Å². The highest BCUT2D eigenvalue weighted by atomic mass is 16.4. The molecule has 0 saturated carbocycles. The fraction of sp³-hybridized carbons (Fsp3) is 0. The minimum absolute atomic E-state index is 0.0114. The number of hydrogen-bond acceptors (Lipinski definition) is 4. The molecule has 2 aromatic rings. The van der Waals surface area contributed by atoms with Crippen molar-refractivity contribution in [1.82, 2.24) is 0 Å². The minimum atomic E-state index is -1.21. The van der Waals surface area contributed by atoms with Crippen molar-refractivity contribution in [2.24, 2.45) is 5.73 Å². The smallest absolute Gasteiger partial charge is 0.336 e. The van der Waals surface area contributed by atoms with Crippen LogP contribution >= 0.6 is 0 Å². The molecule has 23 heavy (non-hydrogen) atoms. The summed E-state index contributed by atoms with van der Waals surface area (Å²) in [4.78, 5) is 45.4. The van der Waals surface area contributed by atoms with E-state index in [0.717, 1.165) is 0 Å². The van der Waals surface area contributed by atoms with E-state index in [1.54, 1.807) is 6.07 Å². The number of primary amides is 1. The predicted molar refractivity (Wildman–Crippen MR) is 81.3 cm³/mol. The number of rotatable bonds is 5. The van der Waals surface area contributed by atoms with Gasteiger partial charge in [-0.2, -0.15) is 0 Å². The molecule has 0 aromatic heterocycles. The van der Waals surface area contributed by atoms with E-state index in [0.29, 0.717) is 5.69 Å². The Balaban J connectivity index is 2.20. The Morgan fingerprint density at radius 3 is 1.96 bits per heavy atom. The molecule has 0 fully saturated rings. The van der Waals surface area contributed by atoms with Gasteiger partial charge in [0.2, 0.25) is 5.78 Å². The number of Topliss-reactive ketones (excluding diaryl/α,β-unsaturated/α-hetero) is 1. The first-order chi connectivity index (χ1) is 10.9. The number of aromatic carboxylic acids is 1. The maximum Gasteiger partial charge on any atom is 0.336 e. The molecular weight excluding hydrogens is 300 g/mol. The maximum absolute atomic E-state index is 12.2. The number of anilines is 1. The van der Waals surface area contributed by atoms with Crippen LogP contribution in [0.4, 0.5) is 5.69 Å². The molecule has 4 N–H and O–H groups in total. The molecule has 2 amide bonds. The first kappa shape index (κ1) is 15.9. The lowest BCUT2D eigenvalue weighted by molar-refractivity contribution is -0.114. The Labute approximate surface area is 130 Å². The van der Waals surface area contributed by atoms with Gasteiger partial charge in [-0.3, -0.25) is 14.4 Å². The van der Waals surface area contributed by atoms with Crippen molar-refractivity contribution < 1.29 is 24.3 Å². The summed E-state index contributed by atoms with van der Waals surface area (Å²) in [6.07, 6.45) is 0. The largest absolute Gasteiger partial charge is 0.478 e. The summed E-state index contributed by atoms with van der Waals surface area (Å²) < 4.78 is 0. The van der Waals surface area contributed by atoms with Crippen LogP contribution in [0.5, 0.6) is 0 Å². The van der Waals surface area contributed by atoms with Crippen molar-refractivity contribution in [1.29, 1.82) is 0 Å². The second-order valence-corrected chi connectivity index (χ2v) is 4.58. The molecule has 0 radical (unpaired) electrons. The molecule has 0 unspecified atom stereocenters. The van der Waals surface area contributed by atoms with Crippen LogP contribution in [0.2, 0.25) is 0 Å². The molecule has 0 aliphatic rings. The second kappa shape index (κ2) is 6.52. The van der Waals surface area contributed by atoms with Crippen LogP contribution < -0.4 is 11.1 Å². The summed E-state index contributed by atoms with van der Waals surface area (Å²) in [6.45, 7) is 0. The molecule has 0 saturated heterocycles. The number of carbonyl (C=O) groups is 4. The summed E-state index contributed by atoms with van der Waals surface area (Å²) >= 11 is 0. The van der Waals surface area contributed by atoms with Gasteiger partial charge in [0.15, 0.2) is 0 Å². The van der Waals surface area contributed by atoms with E-state index in [1.807, 2.05) is 0 Å². The zero-order valence-corrected chi connectivity index (χ0v) is 11.8. The van der Waals surface area contributed by atoms with Gasteiger partial charge >= 0.3 is 5.97 Å². The van der Waals surface area contributed by atoms with Gasteiger partial charge in [-0.15, -0.1) is 0 Å². The maximum atomic E-state index is 12.2. The zero-order valence-electron chi connectivity index (χ0n) is 11.8. The van der Waals surface area contributed by atoms with Crippen molar-refractivity contribution in [2.75, 3.05) is 5.32 Å². The van der Waals surface area contributed by atoms with Crippen LogP contribution in [0.3, 0.4) is 0 Å². The van der Waals surface area contributed by atoms with Crippen LogP contribution in [-0.4, -0.2) is 28.7 Å². The Bertz CT molecular complexity index is 796. The number of nitrogens with one attached hydrogen (secondary N) is 1. The van der Waals surface area contributed by atoms with Gasteiger partial charge in [-0.25, -0.2) is 4.79 Å². The first-order valence-corrected chi connectivity index (χ1v) is 6.48. The Kier molecular flexibility index (Phi) is 4.51. The van der Waals surface area contributed by atoms with Crippen LogP contribution in [0.1, 0.15) is 31.1 Å². The molecule has 0 atom stereocenters. The molecule has 0 aliphatic heterocycles. The third kappa shape index (κ3) is 3.59. The summed E-state index contributed by atoms with van der Waals surface area (Å²) in [5.74, 6) is -3.72. The zero-order chi connectivity index (χ0) is 17.0.